The number of rotatable bonds is 4. The molecule has 2 rings (SSSR count). The molecule has 106 valence electrons. The normalized spacial score (nSPS) is 14.1. The van der Waals surface area contributed by atoms with Crippen molar-refractivity contribution in [3.8, 4) is 0 Å². The summed E-state index contributed by atoms with van der Waals surface area (Å²) in [5, 5.41) is -0.550. The summed E-state index contributed by atoms with van der Waals surface area (Å²) in [6.45, 7) is 4.30. The van der Waals surface area contributed by atoms with Gasteiger partial charge in [0.1, 0.15) is 11.6 Å². The van der Waals surface area contributed by atoms with E-state index in [-0.39, 0.29) is 0 Å². The van der Waals surface area contributed by atoms with Crippen LogP contribution in [0.5, 0.6) is 0 Å². The van der Waals surface area contributed by atoms with Gasteiger partial charge in [0, 0.05) is 6.07 Å². The van der Waals surface area contributed by atoms with Gasteiger partial charge in [-0.15, -0.1) is 11.6 Å². The summed E-state index contributed by atoms with van der Waals surface area (Å²) in [5.74, 6) is -0.729. The van der Waals surface area contributed by atoms with E-state index >= 15 is 0 Å². The highest BCUT2D eigenvalue weighted by molar-refractivity contribution is 6.22. The minimum absolute atomic E-state index is 0.431. The smallest absolute Gasteiger partial charge is 0.126 e. The van der Waals surface area contributed by atoms with E-state index in [0.29, 0.717) is 11.5 Å². The zero-order valence-corrected chi connectivity index (χ0v) is 12.3. The molecule has 0 heterocycles. The molecule has 20 heavy (non-hydrogen) atoms. The molecule has 0 bridgehead atoms. The maximum Gasteiger partial charge on any atom is 0.126 e. The van der Waals surface area contributed by atoms with Crippen LogP contribution in [-0.2, 0) is 0 Å². The summed E-state index contributed by atoms with van der Waals surface area (Å²) in [6.07, 6.45) is 1.07. The predicted octanol–water partition coefficient (Wildman–Crippen LogP) is 5.81. The average molecular weight is 295 g/mol. The molecule has 0 aliphatic carbocycles. The van der Waals surface area contributed by atoms with Gasteiger partial charge in [0.15, 0.2) is 0 Å². The van der Waals surface area contributed by atoms with Crippen molar-refractivity contribution in [2.75, 3.05) is 0 Å². The van der Waals surface area contributed by atoms with Crippen LogP contribution in [-0.4, -0.2) is 0 Å². The Bertz CT molecular complexity index is 558. The third-order valence-electron chi connectivity index (χ3n) is 3.59. The van der Waals surface area contributed by atoms with E-state index in [4.69, 9.17) is 11.6 Å². The first-order valence-corrected chi connectivity index (χ1v) is 7.14. The Balaban J connectivity index is 2.26. The van der Waals surface area contributed by atoms with E-state index < -0.39 is 17.0 Å². The predicted molar refractivity (Wildman–Crippen MR) is 79.2 cm³/mol. The van der Waals surface area contributed by atoms with Gasteiger partial charge in [-0.3, -0.25) is 0 Å². The van der Waals surface area contributed by atoms with Crippen LogP contribution in [0.3, 0.4) is 0 Å². The Kier molecular flexibility index (Phi) is 4.77. The second-order valence-corrected chi connectivity index (χ2v) is 5.48. The number of halogens is 3. The first-order chi connectivity index (χ1) is 9.51. The Hall–Kier alpha value is -1.41. The molecular weight excluding hydrogens is 278 g/mol. The monoisotopic (exact) mass is 294 g/mol. The summed E-state index contributed by atoms with van der Waals surface area (Å²) in [4.78, 5) is 0. The van der Waals surface area contributed by atoms with Gasteiger partial charge in [-0.1, -0.05) is 38.1 Å². The lowest BCUT2D eigenvalue weighted by molar-refractivity contribution is 0.580. The summed E-state index contributed by atoms with van der Waals surface area (Å²) in [6, 6.07) is 11.3. The fraction of sp³-hybridized carbons (Fsp3) is 0.294. The van der Waals surface area contributed by atoms with E-state index in [0.717, 1.165) is 18.1 Å². The van der Waals surface area contributed by atoms with Gasteiger partial charge < -0.3 is 0 Å². The Morgan fingerprint density at radius 2 is 1.40 bits per heavy atom. The van der Waals surface area contributed by atoms with Crippen molar-refractivity contribution in [1.29, 1.82) is 0 Å². The van der Waals surface area contributed by atoms with E-state index in [9.17, 15) is 8.78 Å². The minimum Gasteiger partial charge on any atom is -0.207 e. The molecule has 0 spiro atoms. The first kappa shape index (κ1) is 15.0. The molecule has 0 saturated heterocycles. The van der Waals surface area contributed by atoms with Crippen LogP contribution in [0, 0.1) is 11.6 Å². The van der Waals surface area contributed by atoms with Crippen LogP contribution < -0.4 is 0 Å². The summed E-state index contributed by atoms with van der Waals surface area (Å²) >= 11 is 6.31. The molecule has 3 heteroatoms. The average Bonchev–Trinajstić information content (AvgIpc) is 2.45. The Labute approximate surface area is 123 Å². The van der Waals surface area contributed by atoms with Gasteiger partial charge >= 0.3 is 0 Å². The molecule has 0 aliphatic heterocycles. The topological polar surface area (TPSA) is 0 Å². The van der Waals surface area contributed by atoms with E-state index in [1.54, 1.807) is 0 Å². The van der Waals surface area contributed by atoms with Crippen LogP contribution in [0.1, 0.15) is 48.3 Å². The van der Waals surface area contributed by atoms with Crippen molar-refractivity contribution < 1.29 is 8.78 Å². The number of hydrogen-bond acceptors (Lipinski definition) is 0. The fourth-order valence-corrected chi connectivity index (χ4v) is 2.41. The maximum atomic E-state index is 13.2. The molecule has 0 fully saturated rings. The summed E-state index contributed by atoms with van der Waals surface area (Å²) in [7, 11) is 0. The molecule has 0 radical (unpaired) electrons. The lowest BCUT2D eigenvalue weighted by Crippen LogP contribution is -1.97. The second kappa shape index (κ2) is 6.36. The van der Waals surface area contributed by atoms with Crippen molar-refractivity contribution in [2.45, 2.75) is 31.6 Å². The molecule has 0 nitrogen and oxygen atoms in total. The number of hydrogen-bond donors (Lipinski definition) is 0. The fourth-order valence-electron chi connectivity index (χ4n) is 2.14. The number of alkyl halides is 1. The highest BCUT2D eigenvalue weighted by Crippen LogP contribution is 2.31. The van der Waals surface area contributed by atoms with Gasteiger partial charge in [-0.25, -0.2) is 8.78 Å². The molecule has 0 aliphatic rings. The molecule has 0 amide bonds. The highest BCUT2D eigenvalue weighted by atomic mass is 35.5. The first-order valence-electron chi connectivity index (χ1n) is 6.71. The Morgan fingerprint density at radius 1 is 0.900 bits per heavy atom. The van der Waals surface area contributed by atoms with Gasteiger partial charge in [0.25, 0.3) is 0 Å². The molecule has 2 atom stereocenters. The van der Waals surface area contributed by atoms with Crippen LogP contribution in [0.15, 0.2) is 42.5 Å². The molecular formula is C17H17ClF2. The van der Waals surface area contributed by atoms with Crippen LogP contribution >= 0.6 is 11.6 Å². The largest absolute Gasteiger partial charge is 0.207 e. The zero-order chi connectivity index (χ0) is 14.7. The van der Waals surface area contributed by atoms with Crippen LogP contribution in [0.2, 0.25) is 0 Å². The minimum atomic E-state index is -0.609. The third kappa shape index (κ3) is 3.37. The van der Waals surface area contributed by atoms with E-state index in [1.165, 1.54) is 17.7 Å². The van der Waals surface area contributed by atoms with Crippen LogP contribution in [0.25, 0.3) is 0 Å². The number of benzene rings is 2. The summed E-state index contributed by atoms with van der Waals surface area (Å²) in [5.41, 5.74) is 2.51. The van der Waals surface area contributed by atoms with Gasteiger partial charge in [0.2, 0.25) is 0 Å². The van der Waals surface area contributed by atoms with Crippen molar-refractivity contribution in [1.82, 2.24) is 0 Å². The van der Waals surface area contributed by atoms with Gasteiger partial charge in [0.05, 0.1) is 5.38 Å². The Morgan fingerprint density at radius 3 is 1.90 bits per heavy atom. The van der Waals surface area contributed by atoms with Gasteiger partial charge in [-0.05, 0) is 41.2 Å². The summed E-state index contributed by atoms with van der Waals surface area (Å²) < 4.78 is 26.4. The highest BCUT2D eigenvalue weighted by Gasteiger charge is 2.13. The molecule has 0 saturated carbocycles. The van der Waals surface area contributed by atoms with E-state index in [1.807, 2.05) is 24.3 Å². The van der Waals surface area contributed by atoms with Crippen molar-refractivity contribution in [2.24, 2.45) is 0 Å². The molecule has 2 aromatic carbocycles. The van der Waals surface area contributed by atoms with E-state index in [2.05, 4.69) is 13.8 Å². The lowest BCUT2D eigenvalue weighted by Gasteiger charge is -2.13. The SMILES string of the molecule is CCC(C)c1ccc(C(Cl)c2cc(F)cc(F)c2)cc1. The zero-order valence-electron chi connectivity index (χ0n) is 11.5. The molecule has 0 aromatic heterocycles. The lowest BCUT2D eigenvalue weighted by atomic mass is 9.96. The van der Waals surface area contributed by atoms with Crippen molar-refractivity contribution in [3.63, 3.8) is 0 Å². The quantitative estimate of drug-likeness (QED) is 0.625. The molecule has 0 N–H and O–H groups in total. The molecule has 2 aromatic rings. The van der Waals surface area contributed by atoms with Gasteiger partial charge in [-0.2, -0.15) is 0 Å². The van der Waals surface area contributed by atoms with Crippen molar-refractivity contribution in [3.05, 3.63) is 70.8 Å². The van der Waals surface area contributed by atoms with Crippen LogP contribution in [0.4, 0.5) is 8.78 Å². The molecule has 2 unspecified atom stereocenters. The second-order valence-electron chi connectivity index (χ2n) is 5.04. The standard InChI is InChI=1S/C17H17ClF2/c1-3-11(2)12-4-6-13(7-5-12)17(18)14-8-15(19)10-16(20)9-14/h4-11,17H,3H2,1-2H3. The maximum absolute atomic E-state index is 13.2. The third-order valence-corrected chi connectivity index (χ3v) is 4.09. The van der Waals surface area contributed by atoms with Crippen molar-refractivity contribution >= 4 is 11.6 Å².